The highest BCUT2D eigenvalue weighted by Gasteiger charge is 2.21. The van der Waals surface area contributed by atoms with Gasteiger partial charge in [0.05, 0.1) is 0 Å². The molecule has 2 N–H and O–H groups in total. The third-order valence-electron chi connectivity index (χ3n) is 1.62. The molecule has 1 unspecified atom stereocenters. The smallest absolute Gasteiger partial charge is 0.434 e. The van der Waals surface area contributed by atoms with Crippen LogP contribution in [0.25, 0.3) is 0 Å². The van der Waals surface area contributed by atoms with Gasteiger partial charge in [-0.25, -0.2) is 9.59 Å². The number of carboxylic acid groups (broad SMARTS) is 1. The molecule has 0 aromatic heterocycles. The van der Waals surface area contributed by atoms with Gasteiger partial charge in [0.15, 0.2) is 6.16 Å². The first-order valence-electron chi connectivity index (χ1n) is 5.22. The Bertz CT molecular complexity index is 371. The van der Waals surface area contributed by atoms with Gasteiger partial charge in [-0.3, -0.25) is 0 Å². The number of nitrogens with zero attached hydrogens (tertiary/aromatic N) is 1. The molecule has 0 saturated carbocycles. The molecule has 0 aromatic rings. The molecule has 1 amide bonds. The lowest BCUT2D eigenvalue weighted by atomic mass is 10.2. The molecule has 0 bridgehead atoms. The highest BCUT2D eigenvalue weighted by Crippen LogP contribution is 2.19. The molecule has 0 saturated heterocycles. The summed E-state index contributed by atoms with van der Waals surface area (Å²) in [6, 6.07) is 0. The van der Waals surface area contributed by atoms with Crippen molar-refractivity contribution in [3.05, 3.63) is 0 Å². The minimum absolute atomic E-state index is 0.0419. The fourth-order valence-electron chi connectivity index (χ4n) is 0.907. The van der Waals surface area contributed by atoms with Crippen molar-refractivity contribution in [1.82, 2.24) is 0 Å². The molecule has 0 radical (unpaired) electrons. The van der Waals surface area contributed by atoms with Crippen LogP contribution in [0, 0.1) is 0 Å². The molecule has 0 fully saturated rings. The van der Waals surface area contributed by atoms with Crippen molar-refractivity contribution < 1.29 is 29.1 Å². The van der Waals surface area contributed by atoms with E-state index in [1.165, 1.54) is 0 Å². The zero-order valence-corrected chi connectivity index (χ0v) is 11.4. The Labute approximate surface area is 106 Å². The maximum absolute atomic E-state index is 11.3. The highest BCUT2D eigenvalue weighted by atomic mass is 31.1. The van der Waals surface area contributed by atoms with Crippen LogP contribution in [0.3, 0.4) is 0 Å². The minimum Gasteiger partial charge on any atom is -0.477 e. The van der Waals surface area contributed by atoms with Gasteiger partial charge in [0.1, 0.15) is 11.3 Å². The van der Waals surface area contributed by atoms with Gasteiger partial charge < -0.3 is 14.9 Å². The number of aliphatic hydroxyl groups excluding tert-OH is 1. The van der Waals surface area contributed by atoms with Crippen molar-refractivity contribution in [3.8, 4) is 0 Å². The van der Waals surface area contributed by atoms with Crippen LogP contribution in [-0.2, 0) is 14.1 Å². The van der Waals surface area contributed by atoms with E-state index in [4.69, 9.17) is 14.9 Å². The van der Waals surface area contributed by atoms with Crippen LogP contribution in [0.5, 0.6) is 0 Å². The zero-order valence-electron chi connectivity index (χ0n) is 10.5. The van der Waals surface area contributed by atoms with Gasteiger partial charge in [-0.15, -0.1) is 0 Å². The van der Waals surface area contributed by atoms with Crippen LogP contribution in [0.4, 0.5) is 4.79 Å². The number of carbonyl (C=O) groups is 2. The Hall–Kier alpha value is -1.33. The summed E-state index contributed by atoms with van der Waals surface area (Å²) in [6.45, 7) is 4.89. The van der Waals surface area contributed by atoms with Gasteiger partial charge in [-0.1, -0.05) is 4.57 Å². The maximum Gasteiger partial charge on any atom is 0.434 e. The Morgan fingerprint density at radius 3 is 2.28 bits per heavy atom. The number of aliphatic hydroxyl groups is 1. The fraction of sp³-hybridized carbons (Fsp3) is 0.700. The van der Waals surface area contributed by atoms with E-state index in [0.29, 0.717) is 0 Å². The maximum atomic E-state index is 11.3. The van der Waals surface area contributed by atoms with Gasteiger partial charge in [-0.2, -0.15) is 4.99 Å². The van der Waals surface area contributed by atoms with Crippen LogP contribution in [-0.4, -0.2) is 46.1 Å². The van der Waals surface area contributed by atoms with E-state index in [9.17, 15) is 14.2 Å². The van der Waals surface area contributed by atoms with Gasteiger partial charge in [-0.05, 0) is 20.8 Å². The first-order chi connectivity index (χ1) is 8.15. The van der Waals surface area contributed by atoms with Crippen molar-refractivity contribution >= 4 is 25.6 Å². The van der Waals surface area contributed by atoms with E-state index in [1.54, 1.807) is 20.8 Å². The molecule has 0 aliphatic rings. The lowest BCUT2D eigenvalue weighted by Gasteiger charge is -2.17. The topological polar surface area (TPSA) is 113 Å². The van der Waals surface area contributed by atoms with E-state index in [-0.39, 0.29) is 12.6 Å². The van der Waals surface area contributed by atoms with Crippen LogP contribution in [0.1, 0.15) is 27.2 Å². The largest absolute Gasteiger partial charge is 0.477 e. The predicted molar refractivity (Wildman–Crippen MR) is 65.5 cm³/mol. The third kappa shape index (κ3) is 7.86. The minimum atomic E-state index is -1.88. The molecule has 0 aromatic carbocycles. The van der Waals surface area contributed by atoms with E-state index in [1.807, 2.05) is 0 Å². The number of aliphatic carboxylic acids is 1. The van der Waals surface area contributed by atoms with Crippen molar-refractivity contribution in [1.29, 1.82) is 0 Å². The van der Waals surface area contributed by atoms with Crippen LogP contribution in [0.2, 0.25) is 0 Å². The Balaban J connectivity index is 4.64. The molecule has 8 heteroatoms. The lowest BCUT2D eigenvalue weighted by Crippen LogP contribution is -2.24. The third-order valence-corrected chi connectivity index (χ3v) is 2.66. The fourth-order valence-corrected chi connectivity index (χ4v) is 1.51. The Morgan fingerprint density at radius 2 is 1.89 bits per heavy atom. The van der Waals surface area contributed by atoms with Gasteiger partial charge in [0.2, 0.25) is 6.35 Å². The number of hydrogen-bond donors (Lipinski definition) is 2. The Morgan fingerprint density at radius 1 is 1.33 bits per heavy atom. The average molecular weight is 278 g/mol. The van der Waals surface area contributed by atoms with Crippen molar-refractivity contribution in [2.75, 3.05) is 12.5 Å². The van der Waals surface area contributed by atoms with Crippen molar-refractivity contribution in [2.45, 2.75) is 32.8 Å². The number of aliphatic imine (C=N–C) groups is 1. The van der Waals surface area contributed by atoms with Crippen LogP contribution >= 0.6 is 7.80 Å². The van der Waals surface area contributed by atoms with E-state index < -0.39 is 37.5 Å². The quantitative estimate of drug-likeness (QED) is 0.583. The summed E-state index contributed by atoms with van der Waals surface area (Å²) < 4.78 is 15.8. The van der Waals surface area contributed by atoms with E-state index in [0.717, 1.165) is 0 Å². The molecular formula is C10H17NO6P+. The average Bonchev–Trinajstić information content (AvgIpc) is 2.20. The number of carbonyl (C=O) groups excluding carboxylic acids is 1. The zero-order chi connectivity index (χ0) is 14.3. The lowest BCUT2D eigenvalue weighted by molar-refractivity contribution is -0.129. The monoisotopic (exact) mass is 278 g/mol. The molecule has 0 heterocycles. The van der Waals surface area contributed by atoms with Gasteiger partial charge in [0, 0.05) is 6.42 Å². The molecule has 102 valence electrons. The second-order valence-electron chi connectivity index (χ2n) is 4.44. The second-order valence-corrected chi connectivity index (χ2v) is 6.13. The summed E-state index contributed by atoms with van der Waals surface area (Å²) in [4.78, 5) is 25.4. The molecule has 0 rings (SSSR count). The molecule has 0 aliphatic carbocycles. The highest BCUT2D eigenvalue weighted by molar-refractivity contribution is 7.44. The molecule has 1 atom stereocenters. The standard InChI is InChI=1S/C10H16NO6P/c1-10(2,3)17-9(15)11-7(8(13)14)4-5-18(16)6-12/h12H,4-6H2,1-3H3/p+1. The summed E-state index contributed by atoms with van der Waals surface area (Å²) >= 11 is 0. The van der Waals surface area contributed by atoms with Gasteiger partial charge in [0.25, 0.3) is 0 Å². The molecule has 0 spiro atoms. The summed E-state index contributed by atoms with van der Waals surface area (Å²) in [5.41, 5.74) is -1.19. The number of carboxylic acids is 1. The number of rotatable bonds is 5. The van der Waals surface area contributed by atoms with E-state index in [2.05, 4.69) is 4.99 Å². The first-order valence-corrected chi connectivity index (χ1v) is 6.85. The SMILES string of the molecule is CC(C)(C)OC(=O)N=C(CC[P+](=O)CO)C(=O)O. The second kappa shape index (κ2) is 7.18. The van der Waals surface area contributed by atoms with Crippen molar-refractivity contribution in [3.63, 3.8) is 0 Å². The normalized spacial score (nSPS) is 13.1. The number of hydrogen-bond acceptors (Lipinski definition) is 5. The molecular weight excluding hydrogens is 261 g/mol. The van der Waals surface area contributed by atoms with Crippen molar-refractivity contribution in [2.24, 2.45) is 4.99 Å². The van der Waals surface area contributed by atoms with Crippen LogP contribution < -0.4 is 0 Å². The Kier molecular flexibility index (Phi) is 6.65. The summed E-state index contributed by atoms with van der Waals surface area (Å²) in [5.74, 6) is -1.37. The van der Waals surface area contributed by atoms with Gasteiger partial charge >= 0.3 is 19.9 Å². The number of amides is 1. The molecule has 7 nitrogen and oxygen atoms in total. The predicted octanol–water partition coefficient (Wildman–Crippen LogP) is 1.61. The van der Waals surface area contributed by atoms with Crippen LogP contribution in [0.15, 0.2) is 4.99 Å². The summed E-state index contributed by atoms with van der Waals surface area (Å²) in [5, 5.41) is 17.4. The molecule has 0 aliphatic heterocycles. The summed E-state index contributed by atoms with van der Waals surface area (Å²) in [6.07, 6.45) is -1.72. The summed E-state index contributed by atoms with van der Waals surface area (Å²) in [7, 11) is -1.88. The number of ether oxygens (including phenoxy) is 1. The molecule has 18 heavy (non-hydrogen) atoms. The first kappa shape index (κ1) is 16.7. The van der Waals surface area contributed by atoms with E-state index >= 15 is 0 Å².